The van der Waals surface area contributed by atoms with E-state index in [0.717, 1.165) is 62.0 Å². The number of fused-ring (bicyclic) bond motifs is 2. The van der Waals surface area contributed by atoms with Gasteiger partial charge in [-0.2, -0.15) is 0 Å². The van der Waals surface area contributed by atoms with Crippen LogP contribution in [-0.4, -0.2) is 64.4 Å². The highest BCUT2D eigenvalue weighted by atomic mass is 32.2. The maximum atomic E-state index is 5.30. The molecule has 3 aromatic heterocycles. The van der Waals surface area contributed by atoms with Crippen LogP contribution < -0.4 is 15.0 Å². The van der Waals surface area contributed by atoms with Gasteiger partial charge in [-0.3, -0.25) is 4.98 Å². The molecule has 0 spiro atoms. The number of rotatable bonds is 7. The van der Waals surface area contributed by atoms with E-state index in [9.17, 15) is 0 Å². The van der Waals surface area contributed by atoms with Gasteiger partial charge in [0, 0.05) is 57.6 Å². The van der Waals surface area contributed by atoms with Gasteiger partial charge in [0.1, 0.15) is 11.3 Å². The molecule has 0 bridgehead atoms. The summed E-state index contributed by atoms with van der Waals surface area (Å²) in [5.74, 6) is 2.47. The molecular weight excluding hydrogens is 530 g/mol. The van der Waals surface area contributed by atoms with Crippen LogP contribution in [0.15, 0.2) is 82.8 Å². The molecule has 41 heavy (non-hydrogen) atoms. The molecule has 2 aliphatic heterocycles. The number of hydrogen-bond acceptors (Lipinski definition) is 9. The molecule has 2 saturated heterocycles. The lowest BCUT2D eigenvalue weighted by Crippen LogP contribution is -2.44. The highest BCUT2D eigenvalue weighted by Crippen LogP contribution is 2.35. The SMILES string of the molecule is COc1cnc2c(Sc3ccc(Nc4nnc(N5CCC(N6CCCC6)CC5)c5ccccc45)cc3)ccnc2c1. The molecule has 2 fully saturated rings. The topological polar surface area (TPSA) is 79.3 Å². The Morgan fingerprint density at radius 2 is 1.66 bits per heavy atom. The van der Waals surface area contributed by atoms with Crippen LogP contribution in [0.1, 0.15) is 25.7 Å². The summed E-state index contributed by atoms with van der Waals surface area (Å²) < 4.78 is 5.30. The lowest BCUT2D eigenvalue weighted by atomic mass is 10.0. The molecular formula is C32H33N7OS. The van der Waals surface area contributed by atoms with Crippen molar-refractivity contribution in [3.63, 3.8) is 0 Å². The number of likely N-dealkylation sites (tertiary alicyclic amines) is 1. The number of ether oxygens (including phenoxy) is 1. The van der Waals surface area contributed by atoms with Gasteiger partial charge in [-0.1, -0.05) is 36.0 Å². The van der Waals surface area contributed by atoms with Gasteiger partial charge >= 0.3 is 0 Å². The molecule has 9 heteroatoms. The Balaban J connectivity index is 1.07. The predicted molar refractivity (Wildman–Crippen MR) is 166 cm³/mol. The summed E-state index contributed by atoms with van der Waals surface area (Å²) in [6.45, 7) is 4.59. The molecule has 0 radical (unpaired) electrons. The zero-order valence-electron chi connectivity index (χ0n) is 23.2. The Kier molecular flexibility index (Phi) is 7.29. The van der Waals surface area contributed by atoms with Gasteiger partial charge in [0.25, 0.3) is 0 Å². The standard InChI is InChI=1S/C32H33N7OS/c1-40-24-20-28-30(34-21-24)29(12-15-33-28)41-25-10-8-22(9-11-25)35-31-26-6-2-3-7-27(26)32(37-36-31)39-18-13-23(14-19-39)38-16-4-5-17-38/h2-3,6-12,15,20-21,23H,4-5,13-14,16-19H2,1H3,(H,35,36). The fourth-order valence-electron chi connectivity index (χ4n) is 6.02. The molecule has 5 heterocycles. The molecule has 0 unspecified atom stereocenters. The van der Waals surface area contributed by atoms with E-state index in [-0.39, 0.29) is 0 Å². The molecule has 1 N–H and O–H groups in total. The normalized spacial score (nSPS) is 16.5. The highest BCUT2D eigenvalue weighted by molar-refractivity contribution is 7.99. The molecule has 2 aliphatic rings. The van der Waals surface area contributed by atoms with Crippen molar-refractivity contribution >= 4 is 50.9 Å². The number of aromatic nitrogens is 4. The van der Waals surface area contributed by atoms with Crippen LogP contribution in [0.2, 0.25) is 0 Å². The first-order chi connectivity index (χ1) is 20.2. The summed E-state index contributed by atoms with van der Waals surface area (Å²) in [6, 6.07) is 21.5. The molecule has 0 aliphatic carbocycles. The molecule has 7 rings (SSSR count). The van der Waals surface area contributed by atoms with Crippen molar-refractivity contribution in [3.8, 4) is 5.75 Å². The minimum absolute atomic E-state index is 0.702. The van der Waals surface area contributed by atoms with E-state index >= 15 is 0 Å². The number of anilines is 3. The van der Waals surface area contributed by atoms with E-state index in [2.05, 4.69) is 78.7 Å². The van der Waals surface area contributed by atoms with Crippen molar-refractivity contribution in [1.29, 1.82) is 0 Å². The summed E-state index contributed by atoms with van der Waals surface area (Å²) in [5, 5.41) is 15.1. The summed E-state index contributed by atoms with van der Waals surface area (Å²) in [7, 11) is 1.64. The second kappa shape index (κ2) is 11.5. The van der Waals surface area contributed by atoms with Crippen molar-refractivity contribution in [2.75, 3.05) is 43.5 Å². The van der Waals surface area contributed by atoms with Gasteiger partial charge in [0.2, 0.25) is 0 Å². The number of methoxy groups -OCH3 is 1. The van der Waals surface area contributed by atoms with Crippen molar-refractivity contribution < 1.29 is 4.74 Å². The molecule has 0 amide bonds. The average Bonchev–Trinajstić information content (AvgIpc) is 3.57. The summed E-state index contributed by atoms with van der Waals surface area (Å²) in [5.41, 5.74) is 2.65. The summed E-state index contributed by atoms with van der Waals surface area (Å²) >= 11 is 1.67. The first-order valence-corrected chi connectivity index (χ1v) is 15.1. The molecule has 5 aromatic rings. The number of piperidine rings is 1. The lowest BCUT2D eigenvalue weighted by molar-refractivity contribution is 0.207. The van der Waals surface area contributed by atoms with Crippen LogP contribution in [0.5, 0.6) is 5.75 Å². The van der Waals surface area contributed by atoms with Crippen LogP contribution in [0, 0.1) is 0 Å². The second-order valence-corrected chi connectivity index (χ2v) is 11.8. The van der Waals surface area contributed by atoms with Crippen LogP contribution in [0.25, 0.3) is 21.8 Å². The first kappa shape index (κ1) is 26.0. The van der Waals surface area contributed by atoms with Crippen molar-refractivity contribution in [3.05, 3.63) is 73.1 Å². The third-order valence-corrected chi connectivity index (χ3v) is 9.24. The Hall–Kier alpha value is -3.95. The summed E-state index contributed by atoms with van der Waals surface area (Å²) in [6.07, 6.45) is 8.63. The van der Waals surface area contributed by atoms with Gasteiger partial charge in [0.15, 0.2) is 11.6 Å². The Bertz CT molecular complexity index is 1670. The van der Waals surface area contributed by atoms with E-state index < -0.39 is 0 Å². The van der Waals surface area contributed by atoms with Gasteiger partial charge in [-0.25, -0.2) is 4.98 Å². The highest BCUT2D eigenvalue weighted by Gasteiger charge is 2.28. The lowest BCUT2D eigenvalue weighted by Gasteiger charge is -2.37. The first-order valence-electron chi connectivity index (χ1n) is 14.3. The van der Waals surface area contributed by atoms with Gasteiger partial charge < -0.3 is 19.9 Å². The molecule has 2 aromatic carbocycles. The number of pyridine rings is 2. The van der Waals surface area contributed by atoms with Crippen LogP contribution >= 0.6 is 11.8 Å². The quantitative estimate of drug-likeness (QED) is 0.237. The Labute approximate surface area is 244 Å². The molecule has 8 nitrogen and oxygen atoms in total. The predicted octanol–water partition coefficient (Wildman–Crippen LogP) is 6.54. The van der Waals surface area contributed by atoms with Crippen molar-refractivity contribution in [1.82, 2.24) is 25.1 Å². The molecule has 208 valence electrons. The Morgan fingerprint density at radius 3 is 2.44 bits per heavy atom. The zero-order chi connectivity index (χ0) is 27.6. The van der Waals surface area contributed by atoms with E-state index in [1.54, 1.807) is 25.1 Å². The maximum Gasteiger partial charge on any atom is 0.161 e. The van der Waals surface area contributed by atoms with Crippen LogP contribution in [0.4, 0.5) is 17.3 Å². The largest absolute Gasteiger partial charge is 0.495 e. The van der Waals surface area contributed by atoms with E-state index in [0.29, 0.717) is 11.8 Å². The number of hydrogen-bond donors (Lipinski definition) is 1. The minimum atomic E-state index is 0.702. The minimum Gasteiger partial charge on any atom is -0.495 e. The average molecular weight is 564 g/mol. The number of nitrogens with one attached hydrogen (secondary N) is 1. The van der Waals surface area contributed by atoms with E-state index in [1.807, 2.05) is 18.3 Å². The van der Waals surface area contributed by atoms with Gasteiger partial charge in [-0.05, 0) is 69.1 Å². The van der Waals surface area contributed by atoms with Crippen molar-refractivity contribution in [2.24, 2.45) is 0 Å². The van der Waals surface area contributed by atoms with E-state index in [1.165, 1.54) is 38.8 Å². The smallest absolute Gasteiger partial charge is 0.161 e. The number of benzene rings is 2. The van der Waals surface area contributed by atoms with Crippen LogP contribution in [-0.2, 0) is 0 Å². The molecule has 0 atom stereocenters. The maximum absolute atomic E-state index is 5.30. The van der Waals surface area contributed by atoms with Crippen LogP contribution in [0.3, 0.4) is 0 Å². The van der Waals surface area contributed by atoms with Gasteiger partial charge in [-0.15, -0.1) is 10.2 Å². The third-order valence-electron chi connectivity index (χ3n) is 8.18. The third kappa shape index (κ3) is 5.39. The molecule has 0 saturated carbocycles. The fraction of sp³-hybridized carbons (Fsp3) is 0.312. The number of nitrogens with zero attached hydrogens (tertiary/aromatic N) is 6. The Morgan fingerprint density at radius 1 is 0.878 bits per heavy atom. The van der Waals surface area contributed by atoms with Crippen molar-refractivity contribution in [2.45, 2.75) is 41.5 Å². The van der Waals surface area contributed by atoms with Gasteiger partial charge in [0.05, 0.1) is 18.8 Å². The monoisotopic (exact) mass is 563 g/mol. The second-order valence-electron chi connectivity index (χ2n) is 10.7. The fourth-order valence-corrected chi connectivity index (χ4v) is 6.93. The van der Waals surface area contributed by atoms with E-state index in [4.69, 9.17) is 9.84 Å². The zero-order valence-corrected chi connectivity index (χ0v) is 24.0. The summed E-state index contributed by atoms with van der Waals surface area (Å²) in [4.78, 5) is 16.3.